The lowest BCUT2D eigenvalue weighted by Crippen LogP contribution is -2.09. The standard InChI is InChI=1S/C24H18ClNO3/c25-15-19-14-21(12-13-23(19)29-24(27)18-7-2-1-3-8-18)28-16-20-11-10-17-6-4-5-9-22(17)26-20/h1-14H,15-16H2. The van der Waals surface area contributed by atoms with Gasteiger partial charge in [-0.15, -0.1) is 11.6 Å². The van der Waals surface area contributed by atoms with Crippen LogP contribution in [0, 0.1) is 0 Å². The van der Waals surface area contributed by atoms with Gasteiger partial charge in [0.25, 0.3) is 0 Å². The number of hydrogen-bond donors (Lipinski definition) is 0. The zero-order chi connectivity index (χ0) is 20.1. The van der Waals surface area contributed by atoms with E-state index in [9.17, 15) is 4.79 Å². The molecule has 0 atom stereocenters. The van der Waals surface area contributed by atoms with E-state index in [1.165, 1.54) is 0 Å². The highest BCUT2D eigenvalue weighted by molar-refractivity contribution is 6.17. The van der Waals surface area contributed by atoms with Crippen LogP contribution in [0.3, 0.4) is 0 Å². The van der Waals surface area contributed by atoms with Gasteiger partial charge in [-0.25, -0.2) is 9.78 Å². The summed E-state index contributed by atoms with van der Waals surface area (Å²) in [6, 6.07) is 26.0. The van der Waals surface area contributed by atoms with E-state index in [0.29, 0.717) is 29.2 Å². The molecule has 0 aliphatic rings. The number of ether oxygens (including phenoxy) is 2. The van der Waals surface area contributed by atoms with Crippen molar-refractivity contribution in [3.8, 4) is 11.5 Å². The van der Waals surface area contributed by atoms with Crippen molar-refractivity contribution in [3.05, 3.63) is 102 Å². The van der Waals surface area contributed by atoms with E-state index in [1.807, 2.05) is 42.5 Å². The number of pyridine rings is 1. The van der Waals surface area contributed by atoms with Crippen molar-refractivity contribution in [3.63, 3.8) is 0 Å². The number of halogens is 1. The number of carbonyl (C=O) groups is 1. The molecule has 0 aliphatic heterocycles. The highest BCUT2D eigenvalue weighted by atomic mass is 35.5. The normalized spacial score (nSPS) is 10.7. The van der Waals surface area contributed by atoms with Crippen molar-refractivity contribution < 1.29 is 14.3 Å². The van der Waals surface area contributed by atoms with Gasteiger partial charge in [-0.05, 0) is 42.5 Å². The number of carbonyl (C=O) groups excluding carboxylic acids is 1. The zero-order valence-corrected chi connectivity index (χ0v) is 16.3. The first-order valence-corrected chi connectivity index (χ1v) is 9.70. The molecule has 144 valence electrons. The van der Waals surface area contributed by atoms with Crippen LogP contribution in [0.5, 0.6) is 11.5 Å². The molecule has 1 heterocycles. The topological polar surface area (TPSA) is 48.4 Å². The Morgan fingerprint density at radius 2 is 1.69 bits per heavy atom. The van der Waals surface area contributed by atoms with E-state index in [0.717, 1.165) is 16.6 Å². The van der Waals surface area contributed by atoms with Gasteiger partial charge in [-0.3, -0.25) is 0 Å². The second-order valence-corrected chi connectivity index (χ2v) is 6.71. The second-order valence-electron chi connectivity index (χ2n) is 6.44. The number of benzene rings is 3. The molecule has 0 spiro atoms. The van der Waals surface area contributed by atoms with E-state index in [1.54, 1.807) is 42.5 Å². The fourth-order valence-corrected chi connectivity index (χ4v) is 3.14. The molecule has 0 unspecified atom stereocenters. The van der Waals surface area contributed by atoms with Gasteiger partial charge in [0.1, 0.15) is 18.1 Å². The summed E-state index contributed by atoms with van der Waals surface area (Å²) in [5.74, 6) is 0.828. The van der Waals surface area contributed by atoms with Crippen molar-refractivity contribution in [1.29, 1.82) is 0 Å². The van der Waals surface area contributed by atoms with Gasteiger partial charge in [0.05, 0.1) is 22.7 Å². The Kier molecular flexibility index (Phi) is 5.73. The van der Waals surface area contributed by atoms with E-state index >= 15 is 0 Å². The quantitative estimate of drug-likeness (QED) is 0.233. The van der Waals surface area contributed by atoms with E-state index in [-0.39, 0.29) is 5.88 Å². The van der Waals surface area contributed by atoms with Crippen LogP contribution in [-0.4, -0.2) is 11.0 Å². The fraction of sp³-hybridized carbons (Fsp3) is 0.0833. The average Bonchev–Trinajstić information content (AvgIpc) is 2.78. The molecule has 0 radical (unpaired) electrons. The van der Waals surface area contributed by atoms with Crippen molar-refractivity contribution in [2.75, 3.05) is 0 Å². The minimum atomic E-state index is -0.425. The van der Waals surface area contributed by atoms with Crippen LogP contribution in [0.15, 0.2) is 84.9 Å². The summed E-state index contributed by atoms with van der Waals surface area (Å²) < 4.78 is 11.4. The van der Waals surface area contributed by atoms with Gasteiger partial charge < -0.3 is 9.47 Å². The molecular formula is C24H18ClNO3. The number of hydrogen-bond acceptors (Lipinski definition) is 4. The second kappa shape index (κ2) is 8.76. The maximum atomic E-state index is 12.3. The predicted octanol–water partition coefficient (Wildman–Crippen LogP) is 5.77. The highest BCUT2D eigenvalue weighted by Gasteiger charge is 2.12. The minimum Gasteiger partial charge on any atom is -0.487 e. The molecule has 3 aromatic carbocycles. The molecule has 5 heteroatoms. The third-order valence-corrected chi connectivity index (χ3v) is 4.72. The predicted molar refractivity (Wildman–Crippen MR) is 113 cm³/mol. The van der Waals surface area contributed by atoms with Crippen LogP contribution < -0.4 is 9.47 Å². The number of para-hydroxylation sites is 1. The van der Waals surface area contributed by atoms with Gasteiger partial charge in [0, 0.05) is 10.9 Å². The van der Waals surface area contributed by atoms with Gasteiger partial charge in [0.2, 0.25) is 0 Å². The number of aromatic nitrogens is 1. The smallest absolute Gasteiger partial charge is 0.343 e. The Morgan fingerprint density at radius 3 is 2.52 bits per heavy atom. The maximum absolute atomic E-state index is 12.3. The Balaban J connectivity index is 1.46. The maximum Gasteiger partial charge on any atom is 0.343 e. The van der Waals surface area contributed by atoms with Crippen molar-refractivity contribution >= 4 is 28.5 Å². The van der Waals surface area contributed by atoms with E-state index < -0.39 is 5.97 Å². The van der Waals surface area contributed by atoms with Gasteiger partial charge in [-0.2, -0.15) is 0 Å². The molecule has 0 amide bonds. The Hall–Kier alpha value is -3.37. The molecule has 29 heavy (non-hydrogen) atoms. The van der Waals surface area contributed by atoms with Gasteiger partial charge in [-0.1, -0.05) is 42.5 Å². The summed E-state index contributed by atoms with van der Waals surface area (Å²) in [7, 11) is 0. The van der Waals surface area contributed by atoms with Crippen molar-refractivity contribution in [1.82, 2.24) is 4.98 Å². The molecule has 4 aromatic rings. The molecule has 4 nitrogen and oxygen atoms in total. The number of nitrogens with zero attached hydrogens (tertiary/aromatic N) is 1. The third-order valence-electron chi connectivity index (χ3n) is 4.43. The molecule has 4 rings (SSSR count). The van der Waals surface area contributed by atoms with Crippen molar-refractivity contribution in [2.24, 2.45) is 0 Å². The Morgan fingerprint density at radius 1 is 0.897 bits per heavy atom. The first-order chi connectivity index (χ1) is 14.2. The molecule has 0 fully saturated rings. The van der Waals surface area contributed by atoms with Crippen molar-refractivity contribution in [2.45, 2.75) is 12.5 Å². The first-order valence-electron chi connectivity index (χ1n) is 9.16. The zero-order valence-electron chi connectivity index (χ0n) is 15.5. The molecule has 0 aliphatic carbocycles. The molecule has 0 saturated carbocycles. The fourth-order valence-electron chi connectivity index (χ4n) is 2.93. The Labute approximate surface area is 173 Å². The summed E-state index contributed by atoms with van der Waals surface area (Å²) in [5.41, 5.74) is 2.92. The number of fused-ring (bicyclic) bond motifs is 1. The van der Waals surface area contributed by atoms with Crippen LogP contribution in [0.4, 0.5) is 0 Å². The molecule has 0 N–H and O–H groups in total. The molecule has 0 saturated heterocycles. The van der Waals surface area contributed by atoms with Crippen LogP contribution in [-0.2, 0) is 12.5 Å². The largest absolute Gasteiger partial charge is 0.487 e. The average molecular weight is 404 g/mol. The van der Waals surface area contributed by atoms with Gasteiger partial charge in [0.15, 0.2) is 0 Å². The minimum absolute atomic E-state index is 0.197. The lowest BCUT2D eigenvalue weighted by molar-refractivity contribution is 0.0733. The molecule has 0 bridgehead atoms. The monoisotopic (exact) mass is 403 g/mol. The summed E-state index contributed by atoms with van der Waals surface area (Å²) >= 11 is 6.06. The first kappa shape index (κ1) is 19.0. The summed E-state index contributed by atoms with van der Waals surface area (Å²) in [5, 5.41) is 1.09. The summed E-state index contributed by atoms with van der Waals surface area (Å²) in [4.78, 5) is 16.9. The SMILES string of the molecule is O=C(Oc1ccc(OCc2ccc3ccccc3n2)cc1CCl)c1ccccc1. The number of rotatable bonds is 6. The van der Waals surface area contributed by atoms with E-state index in [4.69, 9.17) is 21.1 Å². The molecule has 1 aromatic heterocycles. The van der Waals surface area contributed by atoms with E-state index in [2.05, 4.69) is 4.98 Å². The lowest BCUT2D eigenvalue weighted by atomic mass is 10.2. The molecular weight excluding hydrogens is 386 g/mol. The third kappa shape index (κ3) is 4.55. The lowest BCUT2D eigenvalue weighted by Gasteiger charge is -2.12. The summed E-state index contributed by atoms with van der Waals surface area (Å²) in [6.45, 7) is 0.329. The van der Waals surface area contributed by atoms with Crippen LogP contribution in [0.1, 0.15) is 21.6 Å². The van der Waals surface area contributed by atoms with Crippen LogP contribution in [0.25, 0.3) is 10.9 Å². The van der Waals surface area contributed by atoms with Gasteiger partial charge >= 0.3 is 5.97 Å². The summed E-state index contributed by atoms with van der Waals surface area (Å²) in [6.07, 6.45) is 0. The highest BCUT2D eigenvalue weighted by Crippen LogP contribution is 2.27. The Bertz CT molecular complexity index is 1150. The number of esters is 1. The van der Waals surface area contributed by atoms with Crippen LogP contribution >= 0.6 is 11.6 Å². The van der Waals surface area contributed by atoms with Crippen LogP contribution in [0.2, 0.25) is 0 Å². The number of alkyl halides is 1.